The van der Waals surface area contributed by atoms with Gasteiger partial charge in [0.2, 0.25) is 0 Å². The van der Waals surface area contributed by atoms with Gasteiger partial charge in [-0.25, -0.2) is 4.98 Å². The van der Waals surface area contributed by atoms with Crippen LogP contribution in [0.15, 0.2) is 42.5 Å². The molecule has 39 heavy (non-hydrogen) atoms. The summed E-state index contributed by atoms with van der Waals surface area (Å²) in [5, 5.41) is 5.08. The van der Waals surface area contributed by atoms with Crippen molar-refractivity contribution in [2.24, 2.45) is 11.8 Å². The van der Waals surface area contributed by atoms with Gasteiger partial charge in [-0.3, -0.25) is 9.59 Å². The minimum absolute atomic E-state index is 0.0842. The van der Waals surface area contributed by atoms with E-state index in [-0.39, 0.29) is 11.9 Å². The minimum atomic E-state index is -0.620. The van der Waals surface area contributed by atoms with Crippen LogP contribution < -0.4 is 5.32 Å². The standard InChI is InChI=1S/C30H37Cl2N3O3S/c1-18(2)13-25-26(20-11-12-23(31)24(32)16-20)34-29(39-25)33-17-22(28(37)38-30(3,4)5)15-19-9-8-10-21(14-19)27(36)35(6)7/h8-12,14,16,18,22H,13,15,17H2,1-7H3,(H,33,34). The van der Waals surface area contributed by atoms with Crippen molar-refractivity contribution in [3.8, 4) is 11.3 Å². The number of hydrogen-bond donors (Lipinski definition) is 1. The molecule has 0 spiro atoms. The van der Waals surface area contributed by atoms with E-state index in [0.717, 1.165) is 33.3 Å². The lowest BCUT2D eigenvalue weighted by Gasteiger charge is -2.24. The Morgan fingerprint density at radius 3 is 2.38 bits per heavy atom. The van der Waals surface area contributed by atoms with Crippen LogP contribution in [0.5, 0.6) is 0 Å². The second-order valence-corrected chi connectivity index (χ2v) is 13.1. The van der Waals surface area contributed by atoms with Crippen LogP contribution in [0.25, 0.3) is 11.3 Å². The number of thiazole rings is 1. The average molecular weight is 591 g/mol. The first-order valence-corrected chi connectivity index (χ1v) is 14.5. The van der Waals surface area contributed by atoms with Gasteiger partial charge in [-0.05, 0) is 69.4 Å². The Balaban J connectivity index is 1.87. The summed E-state index contributed by atoms with van der Waals surface area (Å²) in [6.07, 6.45) is 1.28. The number of nitrogens with zero attached hydrogens (tertiary/aromatic N) is 2. The Bertz CT molecular complexity index is 1320. The molecule has 1 atom stereocenters. The number of aromatic nitrogens is 1. The van der Waals surface area contributed by atoms with Gasteiger partial charge in [0, 0.05) is 36.6 Å². The Morgan fingerprint density at radius 1 is 1.05 bits per heavy atom. The van der Waals surface area contributed by atoms with Crippen LogP contribution in [0.4, 0.5) is 5.13 Å². The molecule has 3 aromatic rings. The lowest BCUT2D eigenvalue weighted by Crippen LogP contribution is -2.33. The molecule has 1 unspecified atom stereocenters. The zero-order valence-corrected chi connectivity index (χ0v) is 25.9. The van der Waals surface area contributed by atoms with Crippen LogP contribution in [0.2, 0.25) is 10.0 Å². The number of halogens is 2. The quantitative estimate of drug-likeness (QED) is 0.246. The number of ether oxygens (including phenoxy) is 1. The Hall–Kier alpha value is -2.61. The predicted octanol–water partition coefficient (Wildman–Crippen LogP) is 7.63. The number of benzene rings is 2. The number of esters is 1. The van der Waals surface area contributed by atoms with E-state index in [0.29, 0.717) is 34.5 Å². The largest absolute Gasteiger partial charge is 0.460 e. The molecular weight excluding hydrogens is 553 g/mol. The number of hydrogen-bond acceptors (Lipinski definition) is 6. The second-order valence-electron chi connectivity index (χ2n) is 11.2. The Kier molecular flexibility index (Phi) is 10.4. The molecular formula is C30H37Cl2N3O3S. The molecule has 0 aliphatic rings. The third-order valence-corrected chi connectivity index (χ3v) is 7.56. The summed E-state index contributed by atoms with van der Waals surface area (Å²) >= 11 is 14.0. The summed E-state index contributed by atoms with van der Waals surface area (Å²) in [5.41, 5.74) is 2.60. The van der Waals surface area contributed by atoms with E-state index in [1.165, 1.54) is 4.90 Å². The van der Waals surface area contributed by atoms with Gasteiger partial charge in [0.05, 0.1) is 21.7 Å². The number of nitrogens with one attached hydrogen (secondary N) is 1. The molecule has 0 radical (unpaired) electrons. The van der Waals surface area contributed by atoms with Gasteiger partial charge in [-0.1, -0.05) is 55.2 Å². The van der Waals surface area contributed by atoms with Crippen LogP contribution in [0, 0.1) is 11.8 Å². The maximum atomic E-state index is 13.2. The maximum Gasteiger partial charge on any atom is 0.311 e. The van der Waals surface area contributed by atoms with Gasteiger partial charge in [0.15, 0.2) is 5.13 Å². The van der Waals surface area contributed by atoms with Gasteiger partial charge in [0.25, 0.3) is 5.91 Å². The Morgan fingerprint density at radius 2 is 1.77 bits per heavy atom. The molecule has 0 bridgehead atoms. The van der Waals surface area contributed by atoms with Crippen molar-refractivity contribution < 1.29 is 14.3 Å². The summed E-state index contributed by atoms with van der Waals surface area (Å²) < 4.78 is 5.75. The van der Waals surface area contributed by atoms with E-state index in [9.17, 15) is 9.59 Å². The molecule has 0 saturated heterocycles. The molecule has 1 N–H and O–H groups in total. The minimum Gasteiger partial charge on any atom is -0.460 e. The summed E-state index contributed by atoms with van der Waals surface area (Å²) in [5.74, 6) is -0.437. The van der Waals surface area contributed by atoms with E-state index < -0.39 is 11.5 Å². The smallest absolute Gasteiger partial charge is 0.311 e. The van der Waals surface area contributed by atoms with Crippen LogP contribution in [0.3, 0.4) is 0 Å². The molecule has 3 rings (SSSR count). The normalized spacial score (nSPS) is 12.4. The second kappa shape index (κ2) is 13.2. The molecule has 2 aromatic carbocycles. The van der Waals surface area contributed by atoms with E-state index >= 15 is 0 Å². The Labute approximate surface area is 245 Å². The molecule has 0 aliphatic heterocycles. The van der Waals surface area contributed by atoms with Gasteiger partial charge in [-0.15, -0.1) is 11.3 Å². The number of anilines is 1. The van der Waals surface area contributed by atoms with E-state index in [1.54, 1.807) is 37.6 Å². The van der Waals surface area contributed by atoms with Crippen molar-refractivity contribution >= 4 is 51.5 Å². The topological polar surface area (TPSA) is 71.5 Å². The van der Waals surface area contributed by atoms with Gasteiger partial charge in [0.1, 0.15) is 5.60 Å². The van der Waals surface area contributed by atoms with E-state index in [4.69, 9.17) is 32.9 Å². The zero-order chi connectivity index (χ0) is 28.9. The highest BCUT2D eigenvalue weighted by atomic mass is 35.5. The summed E-state index contributed by atoms with van der Waals surface area (Å²) in [4.78, 5) is 33.3. The molecule has 0 fully saturated rings. The van der Waals surface area contributed by atoms with Crippen LogP contribution in [-0.4, -0.2) is 48.0 Å². The van der Waals surface area contributed by atoms with Crippen molar-refractivity contribution in [2.75, 3.05) is 26.0 Å². The number of carbonyl (C=O) groups is 2. The van der Waals surface area contributed by atoms with Crippen molar-refractivity contribution in [3.63, 3.8) is 0 Å². The van der Waals surface area contributed by atoms with Crippen LogP contribution >= 0.6 is 34.5 Å². The highest BCUT2D eigenvalue weighted by molar-refractivity contribution is 7.16. The molecule has 210 valence electrons. The molecule has 1 amide bonds. The van der Waals surface area contributed by atoms with Crippen molar-refractivity contribution in [1.82, 2.24) is 9.88 Å². The lowest BCUT2D eigenvalue weighted by molar-refractivity contribution is -0.159. The van der Waals surface area contributed by atoms with E-state index in [2.05, 4.69) is 19.2 Å². The molecule has 9 heteroatoms. The maximum absolute atomic E-state index is 13.2. The fraction of sp³-hybridized carbons (Fsp3) is 0.433. The van der Waals surface area contributed by atoms with Gasteiger partial charge >= 0.3 is 5.97 Å². The molecule has 1 aromatic heterocycles. The van der Waals surface area contributed by atoms with Gasteiger partial charge in [-0.2, -0.15) is 0 Å². The van der Waals surface area contributed by atoms with Crippen molar-refractivity contribution in [1.29, 1.82) is 0 Å². The van der Waals surface area contributed by atoms with Crippen molar-refractivity contribution in [3.05, 3.63) is 68.5 Å². The highest BCUT2D eigenvalue weighted by Gasteiger charge is 2.27. The molecule has 6 nitrogen and oxygen atoms in total. The molecule has 0 aliphatic carbocycles. The highest BCUT2D eigenvalue weighted by Crippen LogP contribution is 2.36. The average Bonchev–Trinajstić information content (AvgIpc) is 3.23. The molecule has 1 heterocycles. The summed E-state index contributed by atoms with van der Waals surface area (Å²) in [6, 6.07) is 12.9. The number of carbonyl (C=O) groups excluding carboxylic acids is 2. The SMILES string of the molecule is CC(C)Cc1sc(NCC(Cc2cccc(C(=O)N(C)C)c2)C(=O)OC(C)(C)C)nc1-c1ccc(Cl)c(Cl)c1. The number of amides is 1. The monoisotopic (exact) mass is 589 g/mol. The summed E-state index contributed by atoms with van der Waals surface area (Å²) in [7, 11) is 3.44. The van der Waals surface area contributed by atoms with Crippen LogP contribution in [-0.2, 0) is 22.4 Å². The predicted molar refractivity (Wildman–Crippen MR) is 162 cm³/mol. The first kappa shape index (κ1) is 30.9. The first-order valence-electron chi connectivity index (χ1n) is 13.0. The number of rotatable bonds is 10. The van der Waals surface area contributed by atoms with E-state index in [1.807, 2.05) is 51.1 Å². The van der Waals surface area contributed by atoms with Crippen LogP contribution in [0.1, 0.15) is 55.4 Å². The fourth-order valence-corrected chi connectivity index (χ4v) is 5.51. The fourth-order valence-electron chi connectivity index (χ4n) is 4.01. The zero-order valence-electron chi connectivity index (χ0n) is 23.6. The summed E-state index contributed by atoms with van der Waals surface area (Å²) in [6.45, 7) is 10.2. The van der Waals surface area contributed by atoms with Crippen molar-refractivity contribution in [2.45, 2.75) is 53.1 Å². The third kappa shape index (κ3) is 8.95. The molecule has 0 saturated carbocycles. The third-order valence-electron chi connectivity index (χ3n) is 5.79. The van der Waals surface area contributed by atoms with Gasteiger partial charge < -0.3 is 15.0 Å². The lowest BCUT2D eigenvalue weighted by atomic mass is 9.97. The first-order chi connectivity index (χ1) is 18.2.